The summed E-state index contributed by atoms with van der Waals surface area (Å²) in [5.74, 6) is 1.79. The Bertz CT molecular complexity index is 614. The third-order valence-electron chi connectivity index (χ3n) is 3.22. The molecule has 2 rings (SSSR count). The van der Waals surface area contributed by atoms with Gasteiger partial charge in [-0.25, -0.2) is 0 Å². The standard InChI is InChI=1S/C17H20BrNO2/c1-4-21-15-6-7-16(12(2)9-15)19-11-13-10-14(18)5-8-17(13)20-3/h5-10,19H,4,11H2,1-3H3. The maximum atomic E-state index is 5.50. The fraction of sp³-hybridized carbons (Fsp3) is 0.294. The molecule has 21 heavy (non-hydrogen) atoms. The molecule has 2 aromatic carbocycles. The molecule has 0 saturated heterocycles. The normalized spacial score (nSPS) is 10.3. The zero-order chi connectivity index (χ0) is 15.2. The van der Waals surface area contributed by atoms with Crippen LogP contribution in [0.4, 0.5) is 5.69 Å². The first-order valence-electron chi connectivity index (χ1n) is 6.93. The molecule has 4 heteroatoms. The Morgan fingerprint density at radius 1 is 1.14 bits per heavy atom. The number of halogens is 1. The Kier molecular flexibility index (Phi) is 5.51. The SMILES string of the molecule is CCOc1ccc(NCc2cc(Br)ccc2OC)c(C)c1. The van der Waals surface area contributed by atoms with Gasteiger partial charge in [0.05, 0.1) is 13.7 Å². The van der Waals surface area contributed by atoms with Crippen molar-refractivity contribution in [2.45, 2.75) is 20.4 Å². The van der Waals surface area contributed by atoms with Gasteiger partial charge in [-0.15, -0.1) is 0 Å². The van der Waals surface area contributed by atoms with Crippen LogP contribution in [0.1, 0.15) is 18.1 Å². The molecule has 3 nitrogen and oxygen atoms in total. The molecule has 112 valence electrons. The Labute approximate surface area is 134 Å². The van der Waals surface area contributed by atoms with E-state index in [9.17, 15) is 0 Å². The molecule has 1 N–H and O–H groups in total. The van der Waals surface area contributed by atoms with Crippen LogP contribution < -0.4 is 14.8 Å². The van der Waals surface area contributed by atoms with E-state index in [1.165, 1.54) is 0 Å². The van der Waals surface area contributed by atoms with Crippen LogP contribution in [-0.4, -0.2) is 13.7 Å². The van der Waals surface area contributed by atoms with Crippen LogP contribution in [0.15, 0.2) is 40.9 Å². The average Bonchev–Trinajstić information content (AvgIpc) is 2.47. The van der Waals surface area contributed by atoms with Gasteiger partial charge in [0.2, 0.25) is 0 Å². The molecule has 0 saturated carbocycles. The van der Waals surface area contributed by atoms with Gasteiger partial charge in [-0.1, -0.05) is 15.9 Å². The number of nitrogens with one attached hydrogen (secondary N) is 1. The van der Waals surface area contributed by atoms with Crippen molar-refractivity contribution in [1.82, 2.24) is 0 Å². The summed E-state index contributed by atoms with van der Waals surface area (Å²) in [5.41, 5.74) is 3.37. The highest BCUT2D eigenvalue weighted by Gasteiger charge is 2.05. The van der Waals surface area contributed by atoms with Crippen LogP contribution in [0, 0.1) is 6.92 Å². The topological polar surface area (TPSA) is 30.5 Å². The fourth-order valence-electron chi connectivity index (χ4n) is 2.17. The molecule has 0 aliphatic carbocycles. The van der Waals surface area contributed by atoms with Gasteiger partial charge in [-0.2, -0.15) is 0 Å². The molecule has 0 spiro atoms. The lowest BCUT2D eigenvalue weighted by Crippen LogP contribution is -2.03. The van der Waals surface area contributed by atoms with Gasteiger partial charge in [0.1, 0.15) is 11.5 Å². The maximum Gasteiger partial charge on any atom is 0.123 e. The van der Waals surface area contributed by atoms with E-state index in [0.717, 1.165) is 32.8 Å². The number of methoxy groups -OCH3 is 1. The van der Waals surface area contributed by atoms with E-state index in [4.69, 9.17) is 9.47 Å². The number of rotatable bonds is 6. The van der Waals surface area contributed by atoms with Gasteiger partial charge in [0.15, 0.2) is 0 Å². The predicted molar refractivity (Wildman–Crippen MR) is 90.4 cm³/mol. The predicted octanol–water partition coefficient (Wildman–Crippen LogP) is 4.78. The summed E-state index contributed by atoms with van der Waals surface area (Å²) >= 11 is 3.49. The monoisotopic (exact) mass is 349 g/mol. The molecule has 0 heterocycles. The van der Waals surface area contributed by atoms with Crippen LogP contribution in [0.5, 0.6) is 11.5 Å². The van der Waals surface area contributed by atoms with Crippen molar-refractivity contribution >= 4 is 21.6 Å². The molecule has 0 atom stereocenters. The highest BCUT2D eigenvalue weighted by Crippen LogP contribution is 2.26. The minimum Gasteiger partial charge on any atom is -0.496 e. The third kappa shape index (κ3) is 4.14. The smallest absolute Gasteiger partial charge is 0.123 e. The van der Waals surface area contributed by atoms with Crippen molar-refractivity contribution in [3.63, 3.8) is 0 Å². The van der Waals surface area contributed by atoms with Crippen molar-refractivity contribution in [1.29, 1.82) is 0 Å². The van der Waals surface area contributed by atoms with Crippen LogP contribution >= 0.6 is 15.9 Å². The van der Waals surface area contributed by atoms with E-state index >= 15 is 0 Å². The van der Waals surface area contributed by atoms with Crippen molar-refractivity contribution in [2.75, 3.05) is 19.0 Å². The lowest BCUT2D eigenvalue weighted by atomic mass is 10.1. The lowest BCUT2D eigenvalue weighted by molar-refractivity contribution is 0.340. The number of hydrogen-bond donors (Lipinski definition) is 1. The molecule has 0 amide bonds. The summed E-state index contributed by atoms with van der Waals surface area (Å²) in [4.78, 5) is 0. The van der Waals surface area contributed by atoms with Crippen molar-refractivity contribution < 1.29 is 9.47 Å². The van der Waals surface area contributed by atoms with Crippen LogP contribution in [0.25, 0.3) is 0 Å². The number of ether oxygens (including phenoxy) is 2. The molecule has 0 unspecified atom stereocenters. The Hall–Kier alpha value is -1.68. The van der Waals surface area contributed by atoms with Gasteiger partial charge >= 0.3 is 0 Å². The summed E-state index contributed by atoms with van der Waals surface area (Å²) in [6.07, 6.45) is 0. The van der Waals surface area contributed by atoms with E-state index < -0.39 is 0 Å². The molecule has 0 bridgehead atoms. The summed E-state index contributed by atoms with van der Waals surface area (Å²) < 4.78 is 11.9. The highest BCUT2D eigenvalue weighted by molar-refractivity contribution is 9.10. The zero-order valence-electron chi connectivity index (χ0n) is 12.6. The average molecular weight is 350 g/mol. The second kappa shape index (κ2) is 7.36. The van der Waals surface area contributed by atoms with Gasteiger partial charge in [-0.05, 0) is 55.8 Å². The third-order valence-corrected chi connectivity index (χ3v) is 3.71. The molecular weight excluding hydrogens is 330 g/mol. The first-order valence-corrected chi connectivity index (χ1v) is 7.73. The summed E-state index contributed by atoms with van der Waals surface area (Å²) in [6.45, 7) is 5.45. The van der Waals surface area contributed by atoms with Gasteiger partial charge in [0.25, 0.3) is 0 Å². The number of aryl methyl sites for hydroxylation is 1. The largest absolute Gasteiger partial charge is 0.496 e. The van der Waals surface area contributed by atoms with Gasteiger partial charge in [0, 0.05) is 22.3 Å². The molecule has 0 aromatic heterocycles. The zero-order valence-corrected chi connectivity index (χ0v) is 14.2. The van der Waals surface area contributed by atoms with E-state index in [0.29, 0.717) is 13.2 Å². The quantitative estimate of drug-likeness (QED) is 0.814. The van der Waals surface area contributed by atoms with Crippen molar-refractivity contribution in [3.05, 3.63) is 52.0 Å². The minimum atomic E-state index is 0.682. The molecule has 0 aliphatic rings. The summed E-state index contributed by atoms with van der Waals surface area (Å²) in [7, 11) is 1.69. The minimum absolute atomic E-state index is 0.682. The van der Waals surface area contributed by atoms with E-state index in [1.54, 1.807) is 7.11 Å². The number of hydrogen-bond acceptors (Lipinski definition) is 3. The highest BCUT2D eigenvalue weighted by atomic mass is 79.9. The Balaban J connectivity index is 2.11. The summed E-state index contributed by atoms with van der Waals surface area (Å²) in [5, 5.41) is 3.44. The van der Waals surface area contributed by atoms with Crippen LogP contribution in [0.2, 0.25) is 0 Å². The molecule has 0 fully saturated rings. The van der Waals surface area contributed by atoms with Crippen molar-refractivity contribution in [3.8, 4) is 11.5 Å². The van der Waals surface area contributed by atoms with Gasteiger partial charge in [-0.3, -0.25) is 0 Å². The molecule has 0 aliphatic heterocycles. The molecule has 0 radical (unpaired) electrons. The Morgan fingerprint density at radius 3 is 2.62 bits per heavy atom. The summed E-state index contributed by atoms with van der Waals surface area (Å²) in [6, 6.07) is 12.1. The van der Waals surface area contributed by atoms with Gasteiger partial charge < -0.3 is 14.8 Å². The van der Waals surface area contributed by atoms with E-state index in [-0.39, 0.29) is 0 Å². The maximum absolute atomic E-state index is 5.50. The first kappa shape index (κ1) is 15.7. The molecular formula is C17H20BrNO2. The Morgan fingerprint density at radius 2 is 1.95 bits per heavy atom. The first-order chi connectivity index (χ1) is 10.1. The second-order valence-corrected chi connectivity index (χ2v) is 5.64. The number of benzene rings is 2. The van der Waals surface area contributed by atoms with Crippen LogP contribution in [-0.2, 0) is 6.54 Å². The fourth-order valence-corrected chi connectivity index (χ4v) is 2.58. The molecule has 2 aromatic rings. The van der Waals surface area contributed by atoms with Crippen molar-refractivity contribution in [2.24, 2.45) is 0 Å². The number of anilines is 1. The lowest BCUT2D eigenvalue weighted by Gasteiger charge is -2.14. The van der Waals surface area contributed by atoms with Crippen LogP contribution in [0.3, 0.4) is 0 Å². The second-order valence-electron chi connectivity index (χ2n) is 4.72. The van der Waals surface area contributed by atoms with E-state index in [2.05, 4.69) is 34.2 Å². The van der Waals surface area contributed by atoms with E-state index in [1.807, 2.05) is 37.3 Å².